The smallest absolute Gasteiger partial charge is 0.336 e. The van der Waals surface area contributed by atoms with Crippen LogP contribution < -0.4 is 0 Å². The summed E-state index contributed by atoms with van der Waals surface area (Å²) < 4.78 is 6.10. The topological polar surface area (TPSA) is 66.6 Å². The molecule has 3 aromatic rings. The molecular weight excluding hydrogens is 352 g/mol. The first kappa shape index (κ1) is 18.4. The molecule has 2 heterocycles. The molecule has 5 heteroatoms. The summed E-state index contributed by atoms with van der Waals surface area (Å²) in [7, 11) is 0. The van der Waals surface area contributed by atoms with E-state index in [2.05, 4.69) is 22.0 Å². The predicted octanol–water partition coefficient (Wildman–Crippen LogP) is 4.69. The molecule has 1 saturated heterocycles. The van der Waals surface area contributed by atoms with Crippen molar-refractivity contribution in [3.05, 3.63) is 89.1 Å². The lowest BCUT2D eigenvalue weighted by molar-refractivity contribution is 0.0691. The Morgan fingerprint density at radius 3 is 2.71 bits per heavy atom. The fraction of sp³-hybridized carbons (Fsp3) is 0.304. The highest BCUT2D eigenvalue weighted by atomic mass is 16.4. The Morgan fingerprint density at radius 1 is 1.11 bits per heavy atom. The van der Waals surface area contributed by atoms with E-state index in [0.717, 1.165) is 49.4 Å². The van der Waals surface area contributed by atoms with Gasteiger partial charge in [-0.2, -0.15) is 0 Å². The summed E-state index contributed by atoms with van der Waals surface area (Å²) in [6.45, 7) is 1.50. The zero-order chi connectivity index (χ0) is 19.3. The van der Waals surface area contributed by atoms with Crippen LogP contribution in [0.1, 0.15) is 58.4 Å². The number of hydrogen-bond acceptors (Lipinski definition) is 4. The minimum absolute atomic E-state index is 0.0834. The minimum Gasteiger partial charge on any atom is -0.478 e. The van der Waals surface area contributed by atoms with Gasteiger partial charge in [0, 0.05) is 13.0 Å². The van der Waals surface area contributed by atoms with E-state index in [4.69, 9.17) is 4.42 Å². The average Bonchev–Trinajstić information content (AvgIpc) is 3.18. The Bertz CT molecular complexity index is 936. The number of carbonyl (C=O) groups is 1. The molecule has 4 rings (SSSR count). The van der Waals surface area contributed by atoms with Gasteiger partial charge in [-0.15, -0.1) is 0 Å². The first-order chi connectivity index (χ1) is 13.7. The van der Waals surface area contributed by atoms with Crippen LogP contribution in [0.3, 0.4) is 0 Å². The van der Waals surface area contributed by atoms with Gasteiger partial charge in [0.2, 0.25) is 5.89 Å². The van der Waals surface area contributed by atoms with Crippen LogP contribution in [0.25, 0.3) is 0 Å². The molecule has 1 atom stereocenters. The fourth-order valence-corrected chi connectivity index (χ4v) is 3.90. The van der Waals surface area contributed by atoms with Crippen molar-refractivity contribution < 1.29 is 14.3 Å². The molecule has 0 aliphatic carbocycles. The van der Waals surface area contributed by atoms with E-state index in [1.807, 2.05) is 36.5 Å². The Morgan fingerprint density at radius 2 is 1.89 bits per heavy atom. The summed E-state index contributed by atoms with van der Waals surface area (Å²) in [5, 5.41) is 9.47. The van der Waals surface area contributed by atoms with E-state index in [1.165, 1.54) is 5.56 Å². The number of piperidine rings is 1. The van der Waals surface area contributed by atoms with Gasteiger partial charge in [-0.1, -0.05) is 55.0 Å². The van der Waals surface area contributed by atoms with Crippen molar-refractivity contribution in [2.45, 2.75) is 38.3 Å². The van der Waals surface area contributed by atoms with Crippen LogP contribution in [0.5, 0.6) is 0 Å². The minimum atomic E-state index is -0.884. The number of carboxylic acids is 1. The number of hydrogen-bond donors (Lipinski definition) is 1. The molecule has 0 bridgehead atoms. The highest BCUT2D eigenvalue weighted by Crippen LogP contribution is 2.32. The highest BCUT2D eigenvalue weighted by Gasteiger charge is 2.28. The third-order valence-corrected chi connectivity index (χ3v) is 5.31. The lowest BCUT2D eigenvalue weighted by Gasteiger charge is -2.34. The lowest BCUT2D eigenvalue weighted by atomic mass is 9.99. The molecule has 1 unspecified atom stereocenters. The third-order valence-electron chi connectivity index (χ3n) is 5.31. The largest absolute Gasteiger partial charge is 0.478 e. The van der Waals surface area contributed by atoms with Crippen LogP contribution in [-0.2, 0) is 13.0 Å². The number of likely N-dealkylation sites (tertiary alicyclic amines) is 1. The Kier molecular flexibility index (Phi) is 5.53. The van der Waals surface area contributed by atoms with Crippen molar-refractivity contribution in [3.63, 3.8) is 0 Å². The van der Waals surface area contributed by atoms with Gasteiger partial charge in [0.05, 0.1) is 17.8 Å². The number of aromatic nitrogens is 1. The molecule has 1 aromatic heterocycles. The maximum atomic E-state index is 11.5. The molecule has 1 aliphatic heterocycles. The van der Waals surface area contributed by atoms with Crippen LogP contribution >= 0.6 is 0 Å². The van der Waals surface area contributed by atoms with Crippen LogP contribution in [0.2, 0.25) is 0 Å². The van der Waals surface area contributed by atoms with Crippen molar-refractivity contribution in [2.24, 2.45) is 0 Å². The average molecular weight is 376 g/mol. The molecule has 0 radical (unpaired) electrons. The molecule has 2 aromatic carbocycles. The summed E-state index contributed by atoms with van der Waals surface area (Å²) in [6, 6.07) is 17.5. The van der Waals surface area contributed by atoms with E-state index in [0.29, 0.717) is 12.1 Å². The quantitative estimate of drug-likeness (QED) is 0.676. The molecule has 0 amide bonds. The molecule has 0 saturated carbocycles. The SMILES string of the molecule is O=C(O)c1ccccc1CN1CCCCC1c1ncc(Cc2ccccc2)o1. The van der Waals surface area contributed by atoms with E-state index in [-0.39, 0.29) is 6.04 Å². The monoisotopic (exact) mass is 376 g/mol. The second-order valence-electron chi connectivity index (χ2n) is 7.27. The Balaban J connectivity index is 1.52. The van der Waals surface area contributed by atoms with Crippen LogP contribution in [0, 0.1) is 0 Å². The molecule has 28 heavy (non-hydrogen) atoms. The van der Waals surface area contributed by atoms with Crippen molar-refractivity contribution >= 4 is 5.97 Å². The number of benzene rings is 2. The number of nitrogens with zero attached hydrogens (tertiary/aromatic N) is 2. The standard InChI is InChI=1S/C23H24N2O3/c26-23(27)20-11-5-4-10-18(20)16-25-13-7-6-12-21(25)22-24-15-19(28-22)14-17-8-2-1-3-9-17/h1-5,8-11,15,21H,6-7,12-14,16H2,(H,26,27). The second-order valence-corrected chi connectivity index (χ2v) is 7.27. The first-order valence-corrected chi connectivity index (χ1v) is 9.74. The second kappa shape index (κ2) is 8.40. The summed E-state index contributed by atoms with van der Waals surface area (Å²) in [4.78, 5) is 18.4. The Hall–Kier alpha value is -2.92. The molecule has 1 fully saturated rings. The van der Waals surface area contributed by atoms with E-state index >= 15 is 0 Å². The summed E-state index contributed by atoms with van der Waals surface area (Å²) in [5.74, 6) is 0.710. The normalized spacial score (nSPS) is 17.5. The van der Waals surface area contributed by atoms with Crippen molar-refractivity contribution in [1.29, 1.82) is 0 Å². The molecule has 1 N–H and O–H groups in total. The number of rotatable bonds is 6. The van der Waals surface area contributed by atoms with Crippen molar-refractivity contribution in [2.75, 3.05) is 6.54 Å². The maximum Gasteiger partial charge on any atom is 0.336 e. The predicted molar refractivity (Wildman–Crippen MR) is 106 cm³/mol. The van der Waals surface area contributed by atoms with Crippen molar-refractivity contribution in [1.82, 2.24) is 9.88 Å². The maximum absolute atomic E-state index is 11.5. The van der Waals surface area contributed by atoms with Crippen LogP contribution in [-0.4, -0.2) is 27.5 Å². The molecular formula is C23H24N2O3. The number of aromatic carboxylic acids is 1. The van der Waals surface area contributed by atoms with Gasteiger partial charge in [0.15, 0.2) is 0 Å². The molecule has 5 nitrogen and oxygen atoms in total. The van der Waals surface area contributed by atoms with Gasteiger partial charge in [0.25, 0.3) is 0 Å². The first-order valence-electron chi connectivity index (χ1n) is 9.74. The highest BCUT2D eigenvalue weighted by molar-refractivity contribution is 5.89. The van der Waals surface area contributed by atoms with Gasteiger partial charge in [-0.05, 0) is 36.6 Å². The zero-order valence-electron chi connectivity index (χ0n) is 15.8. The van der Waals surface area contributed by atoms with E-state index in [1.54, 1.807) is 12.1 Å². The number of carboxylic acid groups (broad SMARTS) is 1. The third kappa shape index (κ3) is 4.15. The molecule has 144 valence electrons. The van der Waals surface area contributed by atoms with Gasteiger partial charge in [-0.3, -0.25) is 4.90 Å². The van der Waals surface area contributed by atoms with Gasteiger partial charge in [0.1, 0.15) is 5.76 Å². The van der Waals surface area contributed by atoms with E-state index < -0.39 is 5.97 Å². The van der Waals surface area contributed by atoms with E-state index in [9.17, 15) is 9.90 Å². The summed E-state index contributed by atoms with van der Waals surface area (Å²) >= 11 is 0. The van der Waals surface area contributed by atoms with Gasteiger partial charge >= 0.3 is 5.97 Å². The summed E-state index contributed by atoms with van der Waals surface area (Å²) in [5.41, 5.74) is 2.39. The summed E-state index contributed by atoms with van der Waals surface area (Å²) in [6.07, 6.45) is 5.74. The molecule has 1 aliphatic rings. The number of oxazole rings is 1. The van der Waals surface area contributed by atoms with Crippen LogP contribution in [0.4, 0.5) is 0 Å². The van der Waals surface area contributed by atoms with Crippen molar-refractivity contribution in [3.8, 4) is 0 Å². The molecule has 0 spiro atoms. The lowest BCUT2D eigenvalue weighted by Crippen LogP contribution is -2.33. The Labute approximate surface area is 164 Å². The fourth-order valence-electron chi connectivity index (χ4n) is 3.90. The van der Waals surface area contributed by atoms with Gasteiger partial charge in [-0.25, -0.2) is 9.78 Å². The zero-order valence-corrected chi connectivity index (χ0v) is 15.8. The van der Waals surface area contributed by atoms with Crippen LogP contribution in [0.15, 0.2) is 65.2 Å². The van der Waals surface area contributed by atoms with Gasteiger partial charge < -0.3 is 9.52 Å².